The van der Waals surface area contributed by atoms with E-state index in [9.17, 15) is 26.3 Å². The lowest BCUT2D eigenvalue weighted by atomic mass is 10.7. The summed E-state index contributed by atoms with van der Waals surface area (Å²) in [5.41, 5.74) is 0. The van der Waals surface area contributed by atoms with Crippen LogP contribution in [0.15, 0.2) is 0 Å². The molecule has 0 atom stereocenters. The largest absolute Gasteiger partial charge is 0.487 e. The molecule has 0 N–H and O–H groups in total. The third-order valence-corrected chi connectivity index (χ3v) is 0.321. The molecule has 0 amide bonds. The third-order valence-electron chi connectivity index (χ3n) is 0.321. The zero-order valence-electron chi connectivity index (χ0n) is 5.72. The molecule has 0 aromatic rings. The third kappa shape index (κ3) is 17.3. The molecular formula is C2H6F12. The molecule has 0 aliphatic heterocycles. The van der Waals surface area contributed by atoms with Gasteiger partial charge in [0.1, 0.15) is 0 Å². The van der Waals surface area contributed by atoms with Crippen LogP contribution >= 0.6 is 0 Å². The van der Waals surface area contributed by atoms with Crippen molar-refractivity contribution in [3.8, 4) is 0 Å². The van der Waals surface area contributed by atoms with Gasteiger partial charge >= 0.3 is 12.4 Å². The lowest BCUT2D eigenvalue weighted by Crippen LogP contribution is -2.30. The van der Waals surface area contributed by atoms with Gasteiger partial charge in [0.25, 0.3) is 0 Å². The van der Waals surface area contributed by atoms with Crippen molar-refractivity contribution in [2.24, 2.45) is 0 Å². The van der Waals surface area contributed by atoms with E-state index < -0.39 is 12.4 Å². The Morgan fingerprint density at radius 1 is 0.357 bits per heavy atom. The highest BCUT2D eigenvalue weighted by molar-refractivity contribution is 4.59. The first-order chi connectivity index (χ1) is 3.25. The number of hydrogen-bond acceptors (Lipinski definition) is 0. The van der Waals surface area contributed by atoms with E-state index in [0.717, 1.165) is 0 Å². The summed E-state index contributed by atoms with van der Waals surface area (Å²) in [6, 6.07) is 0. The lowest BCUT2D eigenvalue weighted by Gasteiger charge is -2.08. The second-order valence-electron chi connectivity index (χ2n) is 0.996. The summed E-state index contributed by atoms with van der Waals surface area (Å²) in [6.45, 7) is 0. The van der Waals surface area contributed by atoms with Crippen LogP contribution in [0, 0.1) is 0 Å². The van der Waals surface area contributed by atoms with Gasteiger partial charge in [0.05, 0.1) is 0 Å². The molecule has 0 nitrogen and oxygen atoms in total. The molecule has 12 heteroatoms. The van der Waals surface area contributed by atoms with Crippen molar-refractivity contribution >= 4 is 0 Å². The van der Waals surface area contributed by atoms with Gasteiger partial charge in [-0.05, 0) is 0 Å². The maximum absolute atomic E-state index is 10.4. The van der Waals surface area contributed by atoms with Gasteiger partial charge in [-0.1, -0.05) is 0 Å². The molecule has 0 aliphatic rings. The average molecular weight is 258 g/mol. The van der Waals surface area contributed by atoms with Crippen LogP contribution in [-0.4, -0.2) is 12.4 Å². The molecule has 0 aliphatic carbocycles. The minimum Gasteiger partial charge on any atom is -0.269 e. The maximum atomic E-state index is 10.4. The quantitative estimate of drug-likeness (QED) is 0.586. The van der Waals surface area contributed by atoms with Crippen molar-refractivity contribution in [1.82, 2.24) is 0 Å². The van der Waals surface area contributed by atoms with Gasteiger partial charge in [0, 0.05) is 0 Å². The van der Waals surface area contributed by atoms with Crippen LogP contribution in [0.4, 0.5) is 54.6 Å². The first kappa shape index (κ1) is 51.3. The molecular weight excluding hydrogens is 252 g/mol. The molecule has 0 heterocycles. The zero-order valence-corrected chi connectivity index (χ0v) is 5.72. The van der Waals surface area contributed by atoms with Gasteiger partial charge in [-0.25, -0.2) is 0 Å². The fourth-order valence-corrected chi connectivity index (χ4v) is 0. The Kier molecular flexibility index (Phi) is 44.5. The summed E-state index contributed by atoms with van der Waals surface area (Å²) in [7, 11) is 0. The molecule has 0 saturated carbocycles. The van der Waals surface area contributed by atoms with E-state index in [1.165, 1.54) is 0 Å². The molecule has 0 fully saturated rings. The van der Waals surface area contributed by atoms with Crippen molar-refractivity contribution in [2.45, 2.75) is 12.4 Å². The Morgan fingerprint density at radius 2 is 0.429 bits per heavy atom. The summed E-state index contributed by atoms with van der Waals surface area (Å²) in [4.78, 5) is 0. The Morgan fingerprint density at radius 3 is 0.429 bits per heavy atom. The summed E-state index contributed by atoms with van der Waals surface area (Å²) >= 11 is 0. The van der Waals surface area contributed by atoms with Crippen molar-refractivity contribution in [2.75, 3.05) is 0 Å². The van der Waals surface area contributed by atoms with E-state index in [1.807, 2.05) is 0 Å². The van der Waals surface area contributed by atoms with Gasteiger partial charge < -0.3 is 0 Å². The van der Waals surface area contributed by atoms with E-state index in [2.05, 4.69) is 0 Å². The smallest absolute Gasteiger partial charge is 0.269 e. The summed E-state index contributed by atoms with van der Waals surface area (Å²) in [5.74, 6) is 0. The van der Waals surface area contributed by atoms with E-state index in [4.69, 9.17) is 0 Å². The molecule has 0 saturated heterocycles. The first-order valence-electron chi connectivity index (χ1n) is 1.38. The van der Waals surface area contributed by atoms with Gasteiger partial charge in [0.2, 0.25) is 0 Å². The Bertz CT molecular complexity index is 63.3. The van der Waals surface area contributed by atoms with Crippen LogP contribution in [-0.2, 0) is 0 Å². The van der Waals surface area contributed by atoms with Crippen LogP contribution in [0.2, 0.25) is 0 Å². The topological polar surface area (TPSA) is 0 Å². The molecule has 0 aromatic heterocycles. The molecule has 0 spiro atoms. The number of alkyl halides is 6. The van der Waals surface area contributed by atoms with Crippen LogP contribution in [0.25, 0.3) is 0 Å². The van der Waals surface area contributed by atoms with Crippen molar-refractivity contribution < 1.29 is 54.6 Å². The minimum absolute atomic E-state index is 0. The number of halogens is 12. The molecule has 14 heavy (non-hydrogen) atoms. The van der Waals surface area contributed by atoms with Gasteiger partial charge in [-0.15, -0.1) is 0 Å². The average Bonchev–Trinajstić information content (AvgIpc) is 1.25. The first-order valence-corrected chi connectivity index (χ1v) is 1.38. The Balaban J connectivity index is -0.0000000163. The van der Waals surface area contributed by atoms with Crippen LogP contribution in [0.1, 0.15) is 0 Å². The molecule has 0 unspecified atom stereocenters. The highest BCUT2D eigenvalue weighted by Crippen LogP contribution is 2.35. The lowest BCUT2D eigenvalue weighted by molar-refractivity contribution is -0.339. The molecule has 0 bridgehead atoms. The Labute approximate surface area is 68.5 Å². The highest BCUT2D eigenvalue weighted by atomic mass is 19.5. The SMILES string of the molecule is F.F.F.F.F.F.FC(F)(F)C(F)(F)F. The zero-order chi connectivity index (χ0) is 7.00. The fraction of sp³-hybridized carbons (Fsp3) is 1.00. The van der Waals surface area contributed by atoms with Gasteiger partial charge in [-0.3, -0.25) is 28.2 Å². The number of rotatable bonds is 0. The van der Waals surface area contributed by atoms with E-state index in [0.29, 0.717) is 0 Å². The highest BCUT2D eigenvalue weighted by Gasteiger charge is 2.58. The van der Waals surface area contributed by atoms with Crippen molar-refractivity contribution in [1.29, 1.82) is 0 Å². The van der Waals surface area contributed by atoms with E-state index in [-0.39, 0.29) is 28.2 Å². The molecule has 0 radical (unpaired) electrons. The maximum Gasteiger partial charge on any atom is 0.487 e. The molecule has 98 valence electrons. The van der Waals surface area contributed by atoms with Crippen LogP contribution < -0.4 is 0 Å². The van der Waals surface area contributed by atoms with Crippen molar-refractivity contribution in [3.63, 3.8) is 0 Å². The normalized spacial score (nSPS) is 8.14. The second-order valence-corrected chi connectivity index (χ2v) is 0.996. The summed E-state index contributed by atoms with van der Waals surface area (Å²) < 4.78 is 62.6. The molecule has 0 rings (SSSR count). The van der Waals surface area contributed by atoms with Crippen molar-refractivity contribution in [3.05, 3.63) is 0 Å². The van der Waals surface area contributed by atoms with Crippen LogP contribution in [0.3, 0.4) is 0 Å². The monoisotopic (exact) mass is 258 g/mol. The minimum atomic E-state index is -6.06. The van der Waals surface area contributed by atoms with Crippen LogP contribution in [0.5, 0.6) is 0 Å². The number of hydrogen-bond donors (Lipinski definition) is 0. The van der Waals surface area contributed by atoms with Gasteiger partial charge in [0.15, 0.2) is 0 Å². The second kappa shape index (κ2) is 12.2. The van der Waals surface area contributed by atoms with E-state index >= 15 is 0 Å². The predicted molar refractivity (Wildman–Crippen MR) is 27.1 cm³/mol. The fourth-order valence-electron chi connectivity index (χ4n) is 0. The summed E-state index contributed by atoms with van der Waals surface area (Å²) in [6.07, 6.45) is -12.1. The summed E-state index contributed by atoms with van der Waals surface area (Å²) in [5, 5.41) is 0. The van der Waals surface area contributed by atoms with Gasteiger partial charge in [-0.2, -0.15) is 26.3 Å². The van der Waals surface area contributed by atoms with E-state index in [1.54, 1.807) is 0 Å². The molecule has 0 aromatic carbocycles. The predicted octanol–water partition coefficient (Wildman–Crippen LogP) is 3.03. The standard InChI is InChI=1S/C2F6.6FH/c3-1(4,5)2(6,7)8;;;;;;/h;6*1H. The Hall–Kier alpha value is -0.840.